The summed E-state index contributed by atoms with van der Waals surface area (Å²) in [7, 11) is 0. The molecular formula is C16H17NO2. The maximum atomic E-state index is 11.9. The van der Waals surface area contributed by atoms with Crippen molar-refractivity contribution < 1.29 is 9.53 Å². The second-order valence-corrected chi connectivity index (χ2v) is 5.03. The molecule has 0 spiro atoms. The van der Waals surface area contributed by atoms with Gasteiger partial charge in [-0.2, -0.15) is 0 Å². The zero-order chi connectivity index (χ0) is 13.2. The third-order valence-corrected chi connectivity index (χ3v) is 3.73. The monoisotopic (exact) mass is 255 g/mol. The molecule has 2 atom stereocenters. The summed E-state index contributed by atoms with van der Waals surface area (Å²) in [6.07, 6.45) is 3.46. The molecule has 2 aliphatic rings. The summed E-state index contributed by atoms with van der Waals surface area (Å²) in [5.41, 5.74) is 2.45. The smallest absolute Gasteiger partial charge is 0.422 e. The lowest BCUT2D eigenvalue weighted by Crippen LogP contribution is -2.22. The number of amides is 1. The van der Waals surface area contributed by atoms with E-state index in [1.165, 1.54) is 11.1 Å². The van der Waals surface area contributed by atoms with E-state index in [-0.39, 0.29) is 18.2 Å². The predicted octanol–water partition coefficient (Wildman–Crippen LogP) is 3.26. The molecule has 3 nitrogen and oxygen atoms in total. The first kappa shape index (κ1) is 12.1. The van der Waals surface area contributed by atoms with Gasteiger partial charge in [-0.05, 0) is 17.5 Å². The minimum Gasteiger partial charge on any atom is -0.442 e. The van der Waals surface area contributed by atoms with Gasteiger partial charge in [-0.1, -0.05) is 43.5 Å². The van der Waals surface area contributed by atoms with Crippen LogP contribution in [0.15, 0.2) is 24.3 Å². The van der Waals surface area contributed by atoms with Crippen LogP contribution in [0.3, 0.4) is 0 Å². The first-order valence-corrected chi connectivity index (χ1v) is 6.87. The highest BCUT2D eigenvalue weighted by Gasteiger charge is 2.47. The maximum absolute atomic E-state index is 11.9. The standard InChI is InChI=1S/C16H17NO2/c1-2-3-4-7-10-17-15-13-9-6-5-8-12(13)11-14(15)19-16(17)18/h5-6,8-9,14-15H,2-4,11H2,1H3/t14-,15+/m1/s1. The Bertz CT molecular complexity index is 555. The topological polar surface area (TPSA) is 29.5 Å². The van der Waals surface area contributed by atoms with Gasteiger partial charge in [-0.25, -0.2) is 9.69 Å². The Morgan fingerprint density at radius 3 is 3.11 bits per heavy atom. The largest absolute Gasteiger partial charge is 0.442 e. The van der Waals surface area contributed by atoms with Crippen LogP contribution in [0.5, 0.6) is 0 Å². The van der Waals surface area contributed by atoms with Crippen molar-refractivity contribution in [3.8, 4) is 12.0 Å². The number of benzene rings is 1. The van der Waals surface area contributed by atoms with Gasteiger partial charge >= 0.3 is 6.09 Å². The summed E-state index contributed by atoms with van der Waals surface area (Å²) in [5, 5.41) is 0. The zero-order valence-electron chi connectivity index (χ0n) is 11.1. The van der Waals surface area contributed by atoms with E-state index < -0.39 is 0 Å². The molecule has 3 heteroatoms. The molecule has 0 unspecified atom stereocenters. The van der Waals surface area contributed by atoms with Crippen LogP contribution in [0, 0.1) is 12.0 Å². The van der Waals surface area contributed by atoms with Gasteiger partial charge in [-0.3, -0.25) is 0 Å². The average molecular weight is 255 g/mol. The number of hydrogen-bond donors (Lipinski definition) is 0. The number of unbranched alkanes of at least 4 members (excludes halogenated alkanes) is 2. The number of nitrogens with zero attached hydrogens (tertiary/aromatic N) is 1. The third-order valence-electron chi connectivity index (χ3n) is 3.73. The van der Waals surface area contributed by atoms with E-state index >= 15 is 0 Å². The number of carbonyl (C=O) groups excluding carboxylic acids is 1. The molecule has 1 aromatic carbocycles. The molecule has 1 aliphatic carbocycles. The van der Waals surface area contributed by atoms with E-state index in [1.54, 1.807) is 4.90 Å². The molecule has 0 radical (unpaired) electrons. The summed E-state index contributed by atoms with van der Waals surface area (Å²) in [6.45, 7) is 2.13. The Labute approximate surface area is 113 Å². The van der Waals surface area contributed by atoms with Gasteiger partial charge in [0.2, 0.25) is 0 Å². The third kappa shape index (κ3) is 2.08. The molecule has 1 heterocycles. The normalized spacial score (nSPS) is 23.4. The molecule has 1 amide bonds. The predicted molar refractivity (Wildman–Crippen MR) is 72.3 cm³/mol. The van der Waals surface area contributed by atoms with Crippen LogP contribution in [-0.4, -0.2) is 17.1 Å². The van der Waals surface area contributed by atoms with Gasteiger partial charge in [0.15, 0.2) is 0 Å². The maximum Gasteiger partial charge on any atom is 0.422 e. The molecule has 0 N–H and O–H groups in total. The van der Waals surface area contributed by atoms with Crippen LogP contribution in [-0.2, 0) is 11.2 Å². The van der Waals surface area contributed by atoms with Crippen LogP contribution < -0.4 is 0 Å². The van der Waals surface area contributed by atoms with Crippen molar-refractivity contribution in [2.75, 3.05) is 0 Å². The van der Waals surface area contributed by atoms with Crippen molar-refractivity contribution in [3.05, 3.63) is 35.4 Å². The quantitative estimate of drug-likeness (QED) is 0.599. The van der Waals surface area contributed by atoms with Crippen molar-refractivity contribution >= 4 is 6.09 Å². The molecule has 3 rings (SSSR count). The summed E-state index contributed by atoms with van der Waals surface area (Å²) >= 11 is 0. The second-order valence-electron chi connectivity index (χ2n) is 5.03. The zero-order valence-corrected chi connectivity index (χ0v) is 11.1. The molecule has 1 aliphatic heterocycles. The van der Waals surface area contributed by atoms with Gasteiger partial charge in [0.25, 0.3) is 0 Å². The first-order valence-electron chi connectivity index (χ1n) is 6.87. The van der Waals surface area contributed by atoms with Crippen LogP contribution >= 0.6 is 0 Å². The van der Waals surface area contributed by atoms with E-state index in [2.05, 4.69) is 31.0 Å². The molecule has 0 bridgehead atoms. The van der Waals surface area contributed by atoms with E-state index in [0.29, 0.717) is 0 Å². The molecular weight excluding hydrogens is 238 g/mol. The Morgan fingerprint density at radius 1 is 1.42 bits per heavy atom. The lowest BCUT2D eigenvalue weighted by Gasteiger charge is -2.14. The van der Waals surface area contributed by atoms with E-state index in [4.69, 9.17) is 4.74 Å². The Morgan fingerprint density at radius 2 is 2.26 bits per heavy atom. The van der Waals surface area contributed by atoms with Crippen molar-refractivity contribution in [1.82, 2.24) is 4.90 Å². The number of hydrogen-bond acceptors (Lipinski definition) is 2. The summed E-state index contributed by atoms with van der Waals surface area (Å²) in [5.74, 6) is 3.08. The molecule has 98 valence electrons. The minimum absolute atomic E-state index is 0.0159. The van der Waals surface area contributed by atoms with Crippen molar-refractivity contribution in [2.24, 2.45) is 0 Å². The van der Waals surface area contributed by atoms with Crippen LogP contribution in [0.2, 0.25) is 0 Å². The Kier molecular flexibility index (Phi) is 3.16. The molecule has 19 heavy (non-hydrogen) atoms. The SMILES string of the molecule is CCCCC#CN1C(=O)O[C@@H]2Cc3ccccc3[C@@H]21. The molecule has 1 saturated heterocycles. The number of fused-ring (bicyclic) bond motifs is 3. The number of rotatable bonds is 2. The fourth-order valence-electron chi connectivity index (χ4n) is 2.77. The van der Waals surface area contributed by atoms with Gasteiger partial charge in [-0.15, -0.1) is 0 Å². The second kappa shape index (κ2) is 4.97. The Hall–Kier alpha value is -1.95. The lowest BCUT2D eigenvalue weighted by atomic mass is 10.1. The Balaban J connectivity index is 1.84. The van der Waals surface area contributed by atoms with E-state index in [9.17, 15) is 4.79 Å². The number of carbonyl (C=O) groups is 1. The first-order chi connectivity index (χ1) is 9.31. The molecule has 0 saturated carbocycles. The van der Waals surface area contributed by atoms with E-state index in [0.717, 1.165) is 25.7 Å². The van der Waals surface area contributed by atoms with Crippen LogP contribution in [0.4, 0.5) is 4.79 Å². The molecule has 1 aromatic rings. The summed E-state index contributed by atoms with van der Waals surface area (Å²) in [6, 6.07) is 11.2. The van der Waals surface area contributed by atoms with Crippen molar-refractivity contribution in [2.45, 2.75) is 44.8 Å². The molecule has 0 aromatic heterocycles. The van der Waals surface area contributed by atoms with Gasteiger partial charge in [0, 0.05) is 18.9 Å². The van der Waals surface area contributed by atoms with E-state index in [1.807, 2.05) is 12.1 Å². The highest BCUT2D eigenvalue weighted by molar-refractivity contribution is 5.74. The fourth-order valence-corrected chi connectivity index (χ4v) is 2.77. The lowest BCUT2D eigenvalue weighted by molar-refractivity contribution is 0.134. The highest BCUT2D eigenvalue weighted by atomic mass is 16.6. The van der Waals surface area contributed by atoms with Crippen molar-refractivity contribution in [1.29, 1.82) is 0 Å². The minimum atomic E-state index is -0.298. The van der Waals surface area contributed by atoms with Crippen LogP contribution in [0.1, 0.15) is 43.4 Å². The molecule has 1 fully saturated rings. The van der Waals surface area contributed by atoms with Crippen LogP contribution in [0.25, 0.3) is 0 Å². The van der Waals surface area contributed by atoms with Gasteiger partial charge in [0.05, 0.1) is 0 Å². The average Bonchev–Trinajstić information content (AvgIpc) is 2.90. The van der Waals surface area contributed by atoms with Gasteiger partial charge in [0.1, 0.15) is 12.1 Å². The fraction of sp³-hybridized carbons (Fsp3) is 0.438. The highest BCUT2D eigenvalue weighted by Crippen LogP contribution is 2.41. The van der Waals surface area contributed by atoms with Gasteiger partial charge < -0.3 is 4.74 Å². The number of ether oxygens (including phenoxy) is 1. The summed E-state index contributed by atoms with van der Waals surface area (Å²) < 4.78 is 5.42. The van der Waals surface area contributed by atoms with Crippen molar-refractivity contribution in [3.63, 3.8) is 0 Å². The summed E-state index contributed by atoms with van der Waals surface area (Å²) in [4.78, 5) is 13.4.